The van der Waals surface area contributed by atoms with Gasteiger partial charge in [0.05, 0.1) is 6.61 Å². The molecule has 0 spiro atoms. The van der Waals surface area contributed by atoms with Crippen molar-refractivity contribution >= 4 is 34.8 Å². The van der Waals surface area contributed by atoms with Gasteiger partial charge in [0.15, 0.2) is 4.80 Å². The molecule has 29 heavy (non-hydrogen) atoms. The largest absolute Gasteiger partial charge is 0.465 e. The minimum absolute atomic E-state index is 0.0760. The van der Waals surface area contributed by atoms with E-state index in [9.17, 15) is 9.59 Å². The Balaban J connectivity index is 2.01. The van der Waals surface area contributed by atoms with E-state index in [1.54, 1.807) is 31.2 Å². The summed E-state index contributed by atoms with van der Waals surface area (Å²) in [6.45, 7) is 8.98. The predicted molar refractivity (Wildman–Crippen MR) is 115 cm³/mol. The number of carbonyl (C=O) groups excluding carboxylic acids is 2. The molecular formula is C22H27ClN2O3S. The molecule has 7 heteroatoms. The van der Waals surface area contributed by atoms with Crippen molar-refractivity contribution in [2.24, 2.45) is 16.3 Å². The van der Waals surface area contributed by atoms with E-state index in [0.717, 1.165) is 25.0 Å². The van der Waals surface area contributed by atoms with Crippen LogP contribution in [0.15, 0.2) is 29.3 Å². The molecule has 1 amide bonds. The fourth-order valence-electron chi connectivity index (χ4n) is 3.63. The Kier molecular flexibility index (Phi) is 6.64. The molecule has 0 saturated carbocycles. The molecule has 0 fully saturated rings. The van der Waals surface area contributed by atoms with Crippen molar-refractivity contribution in [3.8, 4) is 0 Å². The molecule has 156 valence electrons. The molecule has 0 saturated heterocycles. The zero-order chi connectivity index (χ0) is 21.2. The van der Waals surface area contributed by atoms with Gasteiger partial charge in [0.1, 0.15) is 6.54 Å². The maximum atomic E-state index is 12.7. The van der Waals surface area contributed by atoms with Crippen molar-refractivity contribution in [3.63, 3.8) is 0 Å². The zero-order valence-electron chi connectivity index (χ0n) is 17.3. The Morgan fingerprint density at radius 3 is 2.59 bits per heavy atom. The third-order valence-electron chi connectivity index (χ3n) is 5.36. The van der Waals surface area contributed by atoms with E-state index < -0.39 is 0 Å². The first-order valence-electron chi connectivity index (χ1n) is 9.90. The molecule has 0 N–H and O–H groups in total. The van der Waals surface area contributed by atoms with Gasteiger partial charge in [0.25, 0.3) is 5.91 Å². The number of carbonyl (C=O) groups is 2. The van der Waals surface area contributed by atoms with Crippen molar-refractivity contribution < 1.29 is 14.3 Å². The highest BCUT2D eigenvalue weighted by Gasteiger charge is 2.31. The van der Waals surface area contributed by atoms with Crippen molar-refractivity contribution in [2.45, 2.75) is 53.5 Å². The van der Waals surface area contributed by atoms with Crippen LogP contribution in [0, 0.1) is 11.3 Å². The van der Waals surface area contributed by atoms with E-state index in [-0.39, 0.29) is 23.8 Å². The minimum atomic E-state index is -0.342. The number of aromatic nitrogens is 1. The van der Waals surface area contributed by atoms with Crippen molar-refractivity contribution in [1.29, 1.82) is 0 Å². The Bertz CT molecular complexity index is 967. The number of ether oxygens (including phenoxy) is 1. The lowest BCUT2D eigenvalue weighted by molar-refractivity contribution is -0.143. The van der Waals surface area contributed by atoms with Gasteiger partial charge in [-0.3, -0.25) is 9.59 Å². The molecule has 0 bridgehead atoms. The number of benzene rings is 1. The number of thiazole rings is 1. The summed E-state index contributed by atoms with van der Waals surface area (Å²) in [5, 5.41) is 0.568. The van der Waals surface area contributed by atoms with Crippen LogP contribution in [-0.4, -0.2) is 23.1 Å². The first-order chi connectivity index (χ1) is 13.7. The van der Waals surface area contributed by atoms with Crippen LogP contribution in [0.1, 0.15) is 55.0 Å². The first-order valence-corrected chi connectivity index (χ1v) is 11.1. The van der Waals surface area contributed by atoms with E-state index in [0.29, 0.717) is 27.9 Å². The van der Waals surface area contributed by atoms with Gasteiger partial charge in [-0.2, -0.15) is 4.99 Å². The standard InChI is InChI=1S/C22H27ClN2O3S/c1-5-28-19(26)13-25-17-11-8-15(22(2,3)4)12-18(17)29-21(25)24-20(27)14-6-9-16(23)10-7-14/h6-7,9-10,15H,5,8,11-13H2,1-4H3/t15-/m1/s1. The molecule has 2 aromatic rings. The molecule has 3 rings (SSSR count). The number of amides is 1. The van der Waals surface area contributed by atoms with Crippen molar-refractivity contribution in [1.82, 2.24) is 4.57 Å². The smallest absolute Gasteiger partial charge is 0.326 e. The van der Waals surface area contributed by atoms with Crippen LogP contribution in [0.4, 0.5) is 0 Å². The molecular weight excluding hydrogens is 408 g/mol. The van der Waals surface area contributed by atoms with E-state index in [2.05, 4.69) is 25.8 Å². The molecule has 1 aliphatic carbocycles. The average Bonchev–Trinajstić information content (AvgIpc) is 2.98. The highest BCUT2D eigenvalue weighted by molar-refractivity contribution is 7.09. The molecule has 1 aromatic carbocycles. The molecule has 1 atom stereocenters. The lowest BCUT2D eigenvalue weighted by Crippen LogP contribution is -2.29. The van der Waals surface area contributed by atoms with E-state index in [4.69, 9.17) is 16.3 Å². The van der Waals surface area contributed by atoms with Gasteiger partial charge in [-0.1, -0.05) is 32.4 Å². The zero-order valence-corrected chi connectivity index (χ0v) is 18.9. The van der Waals surface area contributed by atoms with E-state index >= 15 is 0 Å². The number of hydrogen-bond donors (Lipinski definition) is 0. The van der Waals surface area contributed by atoms with Gasteiger partial charge in [-0.25, -0.2) is 0 Å². The number of fused-ring (bicyclic) bond motifs is 1. The summed E-state index contributed by atoms with van der Waals surface area (Å²) in [4.78, 5) is 31.0. The SMILES string of the molecule is CCOC(=O)Cn1c2c(sc1=NC(=O)c1ccc(Cl)cc1)C[C@H](C(C)(C)C)CC2. The quantitative estimate of drug-likeness (QED) is 0.657. The van der Waals surface area contributed by atoms with Gasteiger partial charge in [-0.05, 0) is 61.8 Å². The van der Waals surface area contributed by atoms with Crippen molar-refractivity contribution in [3.05, 3.63) is 50.2 Å². The van der Waals surface area contributed by atoms with Crippen LogP contribution in [-0.2, 0) is 28.9 Å². The minimum Gasteiger partial charge on any atom is -0.465 e. The van der Waals surface area contributed by atoms with Crippen LogP contribution in [0.3, 0.4) is 0 Å². The normalized spacial score (nSPS) is 17.1. The van der Waals surface area contributed by atoms with Crippen LogP contribution in [0.2, 0.25) is 5.02 Å². The maximum absolute atomic E-state index is 12.7. The number of halogens is 1. The molecule has 1 aromatic heterocycles. The molecule has 5 nitrogen and oxygen atoms in total. The molecule has 0 aliphatic heterocycles. The summed E-state index contributed by atoms with van der Waals surface area (Å²) in [6.07, 6.45) is 2.87. The van der Waals surface area contributed by atoms with Gasteiger partial charge in [0.2, 0.25) is 0 Å². The summed E-state index contributed by atoms with van der Waals surface area (Å²) < 4.78 is 7.01. The second-order valence-electron chi connectivity index (χ2n) is 8.38. The van der Waals surface area contributed by atoms with E-state index in [1.807, 2.05) is 4.57 Å². The fourth-order valence-corrected chi connectivity index (χ4v) is 5.00. The first kappa shape index (κ1) is 21.8. The van der Waals surface area contributed by atoms with Crippen LogP contribution in [0.5, 0.6) is 0 Å². The van der Waals surface area contributed by atoms with Gasteiger partial charge in [0, 0.05) is 21.2 Å². The lowest BCUT2D eigenvalue weighted by Gasteiger charge is -2.33. The predicted octanol–water partition coefficient (Wildman–Crippen LogP) is 4.66. The molecule has 0 unspecified atom stereocenters. The number of nitrogens with zero attached hydrogens (tertiary/aromatic N) is 2. The summed E-state index contributed by atoms with van der Waals surface area (Å²) in [6, 6.07) is 6.66. The second-order valence-corrected chi connectivity index (χ2v) is 9.87. The molecule has 1 aliphatic rings. The van der Waals surface area contributed by atoms with Gasteiger partial charge < -0.3 is 9.30 Å². The number of esters is 1. The Morgan fingerprint density at radius 1 is 1.28 bits per heavy atom. The maximum Gasteiger partial charge on any atom is 0.326 e. The Hall–Kier alpha value is -1.92. The third-order valence-corrected chi connectivity index (χ3v) is 6.76. The summed E-state index contributed by atoms with van der Waals surface area (Å²) in [5.41, 5.74) is 1.78. The van der Waals surface area contributed by atoms with Gasteiger partial charge >= 0.3 is 5.97 Å². The van der Waals surface area contributed by atoms with Crippen LogP contribution < -0.4 is 4.80 Å². The summed E-state index contributed by atoms with van der Waals surface area (Å²) in [5.74, 6) is -0.0961. The third kappa shape index (κ3) is 5.17. The molecule has 1 heterocycles. The monoisotopic (exact) mass is 434 g/mol. The highest BCUT2D eigenvalue weighted by atomic mass is 35.5. The number of hydrogen-bond acceptors (Lipinski definition) is 4. The Morgan fingerprint density at radius 2 is 1.97 bits per heavy atom. The Labute approximate surface area is 180 Å². The highest BCUT2D eigenvalue weighted by Crippen LogP contribution is 2.38. The van der Waals surface area contributed by atoms with Crippen LogP contribution in [0.25, 0.3) is 0 Å². The van der Waals surface area contributed by atoms with Crippen LogP contribution >= 0.6 is 22.9 Å². The van der Waals surface area contributed by atoms with Crippen molar-refractivity contribution in [2.75, 3.05) is 6.61 Å². The van der Waals surface area contributed by atoms with E-state index in [1.165, 1.54) is 16.2 Å². The summed E-state index contributed by atoms with van der Waals surface area (Å²) >= 11 is 7.42. The topological polar surface area (TPSA) is 60.7 Å². The fraction of sp³-hybridized carbons (Fsp3) is 0.500. The number of rotatable bonds is 4. The lowest BCUT2D eigenvalue weighted by atomic mass is 9.73. The summed E-state index contributed by atoms with van der Waals surface area (Å²) in [7, 11) is 0. The second kappa shape index (κ2) is 8.84. The molecule has 0 radical (unpaired) electrons. The average molecular weight is 435 g/mol. The van der Waals surface area contributed by atoms with Gasteiger partial charge in [-0.15, -0.1) is 11.3 Å².